The lowest BCUT2D eigenvalue weighted by Gasteiger charge is -2.26. The number of nitrogens with zero attached hydrogens (tertiary/aromatic N) is 4. The summed E-state index contributed by atoms with van der Waals surface area (Å²) in [4.78, 5) is 13.5. The molecular weight excluding hydrogens is 268 g/mol. The molecule has 1 saturated heterocycles. The largest absolute Gasteiger partial charge is 0.467 e. The van der Waals surface area contributed by atoms with E-state index >= 15 is 0 Å². The Labute approximate surface area is 104 Å². The van der Waals surface area contributed by atoms with Crippen LogP contribution in [-0.2, 0) is 9.84 Å². The highest BCUT2D eigenvalue weighted by molar-refractivity contribution is 7.91. The highest BCUT2D eigenvalue weighted by atomic mass is 35.5. The van der Waals surface area contributed by atoms with Crippen LogP contribution in [0.3, 0.4) is 0 Å². The predicted octanol–water partition coefficient (Wildman–Crippen LogP) is -0.232. The number of methoxy groups -OCH3 is 1. The third-order valence-corrected chi connectivity index (χ3v) is 4.16. The Hall–Kier alpha value is -1.15. The molecule has 0 bridgehead atoms. The van der Waals surface area contributed by atoms with E-state index in [9.17, 15) is 8.42 Å². The summed E-state index contributed by atoms with van der Waals surface area (Å²) in [6.45, 7) is 0.706. The van der Waals surface area contributed by atoms with Gasteiger partial charge in [0.1, 0.15) is 0 Å². The van der Waals surface area contributed by atoms with E-state index in [0.717, 1.165) is 0 Å². The van der Waals surface area contributed by atoms with Gasteiger partial charge in [-0.1, -0.05) is 0 Å². The van der Waals surface area contributed by atoms with E-state index in [-0.39, 0.29) is 22.8 Å². The van der Waals surface area contributed by atoms with Crippen LogP contribution >= 0.6 is 11.6 Å². The molecule has 1 aromatic heterocycles. The fourth-order valence-electron chi connectivity index (χ4n) is 1.47. The summed E-state index contributed by atoms with van der Waals surface area (Å²) in [5, 5.41) is 0.0280. The Balaban J connectivity index is 2.21. The Kier molecular flexibility index (Phi) is 3.34. The molecule has 0 aromatic carbocycles. The second-order valence-corrected chi connectivity index (χ2v) is 6.17. The Morgan fingerprint density at radius 1 is 1.24 bits per heavy atom. The van der Waals surface area contributed by atoms with Crippen LogP contribution in [0.4, 0.5) is 5.95 Å². The topological polar surface area (TPSA) is 85.3 Å². The van der Waals surface area contributed by atoms with Crippen molar-refractivity contribution in [3.63, 3.8) is 0 Å². The number of sulfone groups is 1. The minimum Gasteiger partial charge on any atom is -0.467 e. The molecule has 0 atom stereocenters. The first-order valence-electron chi connectivity index (χ1n) is 4.91. The number of hydrogen-bond donors (Lipinski definition) is 0. The van der Waals surface area contributed by atoms with Gasteiger partial charge < -0.3 is 9.64 Å². The molecule has 0 radical (unpaired) electrons. The van der Waals surface area contributed by atoms with E-state index in [1.165, 1.54) is 7.11 Å². The van der Waals surface area contributed by atoms with Crippen molar-refractivity contribution in [2.45, 2.75) is 0 Å². The number of rotatable bonds is 2. The molecule has 2 heterocycles. The number of anilines is 1. The zero-order valence-electron chi connectivity index (χ0n) is 9.13. The molecule has 0 unspecified atom stereocenters. The van der Waals surface area contributed by atoms with Crippen LogP contribution < -0.4 is 9.64 Å². The Bertz CT molecular complexity index is 508. The minimum atomic E-state index is -2.93. The van der Waals surface area contributed by atoms with Gasteiger partial charge in [-0.25, -0.2) is 8.42 Å². The van der Waals surface area contributed by atoms with Gasteiger partial charge in [-0.2, -0.15) is 15.0 Å². The first-order chi connectivity index (χ1) is 8.00. The smallest absolute Gasteiger partial charge is 0.322 e. The molecule has 1 aromatic rings. The van der Waals surface area contributed by atoms with Crippen molar-refractivity contribution in [1.29, 1.82) is 0 Å². The van der Waals surface area contributed by atoms with Crippen molar-refractivity contribution in [2.24, 2.45) is 0 Å². The molecule has 7 nitrogen and oxygen atoms in total. The van der Waals surface area contributed by atoms with Crippen molar-refractivity contribution in [3.8, 4) is 6.01 Å². The SMILES string of the molecule is COc1nc(Cl)nc(N2CCS(=O)(=O)CC2)n1. The first kappa shape index (κ1) is 12.3. The molecule has 0 amide bonds. The van der Waals surface area contributed by atoms with Crippen LogP contribution in [0.2, 0.25) is 5.28 Å². The summed E-state index contributed by atoms with van der Waals surface area (Å²) in [6, 6.07) is 0.119. The van der Waals surface area contributed by atoms with Gasteiger partial charge in [-0.3, -0.25) is 0 Å². The van der Waals surface area contributed by atoms with Gasteiger partial charge in [0.25, 0.3) is 0 Å². The van der Waals surface area contributed by atoms with Gasteiger partial charge in [0, 0.05) is 13.1 Å². The molecular formula is C8H11ClN4O3S. The van der Waals surface area contributed by atoms with Crippen LogP contribution in [0.15, 0.2) is 0 Å². The lowest BCUT2D eigenvalue weighted by Crippen LogP contribution is -2.41. The predicted molar refractivity (Wildman–Crippen MR) is 62.3 cm³/mol. The highest BCUT2D eigenvalue weighted by Gasteiger charge is 2.24. The van der Waals surface area contributed by atoms with Gasteiger partial charge in [-0.05, 0) is 11.6 Å². The number of halogens is 1. The van der Waals surface area contributed by atoms with Gasteiger partial charge >= 0.3 is 6.01 Å². The molecule has 1 fully saturated rings. The average molecular weight is 279 g/mol. The zero-order valence-corrected chi connectivity index (χ0v) is 10.7. The Morgan fingerprint density at radius 2 is 1.88 bits per heavy atom. The number of aromatic nitrogens is 3. The van der Waals surface area contributed by atoms with Gasteiger partial charge in [0.2, 0.25) is 11.2 Å². The molecule has 0 N–H and O–H groups in total. The molecule has 1 aliphatic rings. The van der Waals surface area contributed by atoms with E-state index in [0.29, 0.717) is 19.0 Å². The van der Waals surface area contributed by atoms with Crippen LogP contribution in [0.1, 0.15) is 0 Å². The third kappa shape index (κ3) is 2.95. The fraction of sp³-hybridized carbons (Fsp3) is 0.625. The lowest BCUT2D eigenvalue weighted by atomic mass is 10.5. The molecule has 9 heteroatoms. The average Bonchev–Trinajstić information content (AvgIpc) is 2.28. The van der Waals surface area contributed by atoms with Crippen molar-refractivity contribution >= 4 is 27.4 Å². The third-order valence-electron chi connectivity index (χ3n) is 2.39. The second kappa shape index (κ2) is 4.61. The summed E-state index contributed by atoms with van der Waals surface area (Å²) >= 11 is 5.72. The first-order valence-corrected chi connectivity index (χ1v) is 7.11. The summed E-state index contributed by atoms with van der Waals surface area (Å²) in [6.07, 6.45) is 0. The molecule has 0 saturated carbocycles. The maximum absolute atomic E-state index is 11.3. The molecule has 2 rings (SSSR count). The molecule has 0 aliphatic carbocycles. The number of hydrogen-bond acceptors (Lipinski definition) is 7. The van der Waals surface area contributed by atoms with Crippen molar-refractivity contribution in [3.05, 3.63) is 5.28 Å². The van der Waals surface area contributed by atoms with Gasteiger partial charge in [-0.15, -0.1) is 0 Å². The minimum absolute atomic E-state index is 0.0280. The van der Waals surface area contributed by atoms with E-state index in [2.05, 4.69) is 15.0 Å². The summed E-state index contributed by atoms with van der Waals surface area (Å²) < 4.78 is 27.4. The highest BCUT2D eigenvalue weighted by Crippen LogP contribution is 2.16. The van der Waals surface area contributed by atoms with Crippen molar-refractivity contribution < 1.29 is 13.2 Å². The molecule has 94 valence electrons. The molecule has 0 spiro atoms. The molecule has 17 heavy (non-hydrogen) atoms. The van der Waals surface area contributed by atoms with Crippen LogP contribution in [0.25, 0.3) is 0 Å². The van der Waals surface area contributed by atoms with E-state index in [4.69, 9.17) is 16.3 Å². The van der Waals surface area contributed by atoms with Gasteiger partial charge in [0.15, 0.2) is 9.84 Å². The van der Waals surface area contributed by atoms with Crippen LogP contribution in [0.5, 0.6) is 6.01 Å². The summed E-state index contributed by atoms with van der Waals surface area (Å²) in [5.74, 6) is 0.536. The quantitative estimate of drug-likeness (QED) is 0.738. The van der Waals surface area contributed by atoms with Crippen molar-refractivity contribution in [1.82, 2.24) is 15.0 Å². The zero-order chi connectivity index (χ0) is 12.5. The van der Waals surface area contributed by atoms with Gasteiger partial charge in [0.05, 0.1) is 18.6 Å². The summed E-state index contributed by atoms with van der Waals surface area (Å²) in [7, 11) is -1.50. The monoisotopic (exact) mass is 278 g/mol. The van der Waals surface area contributed by atoms with E-state index in [1.807, 2.05) is 0 Å². The van der Waals surface area contributed by atoms with Crippen molar-refractivity contribution in [2.75, 3.05) is 36.6 Å². The fourth-order valence-corrected chi connectivity index (χ4v) is 2.82. The van der Waals surface area contributed by atoms with Crippen LogP contribution in [-0.4, -0.2) is 55.1 Å². The normalized spacial score (nSPS) is 19.1. The van der Waals surface area contributed by atoms with E-state index < -0.39 is 9.84 Å². The molecule has 1 aliphatic heterocycles. The standard InChI is InChI=1S/C8H11ClN4O3S/c1-16-8-11-6(9)10-7(12-8)13-2-4-17(14,15)5-3-13/h2-5H2,1H3. The van der Waals surface area contributed by atoms with E-state index in [1.54, 1.807) is 4.90 Å². The summed E-state index contributed by atoms with van der Waals surface area (Å²) in [5.41, 5.74) is 0. The number of ether oxygens (including phenoxy) is 1. The lowest BCUT2D eigenvalue weighted by molar-refractivity contribution is 0.378. The maximum atomic E-state index is 11.3. The maximum Gasteiger partial charge on any atom is 0.322 e. The Morgan fingerprint density at radius 3 is 2.47 bits per heavy atom. The van der Waals surface area contributed by atoms with Crippen LogP contribution in [0, 0.1) is 0 Å². The second-order valence-electron chi connectivity index (χ2n) is 3.53.